The Morgan fingerprint density at radius 1 is 1.54 bits per heavy atom. The summed E-state index contributed by atoms with van der Waals surface area (Å²) in [5.41, 5.74) is 0. The van der Waals surface area contributed by atoms with E-state index in [9.17, 15) is 0 Å². The predicted octanol–water partition coefficient (Wildman–Crippen LogP) is 4.86. The SMILES string of the molecule is C/C=C\CC(CC)c1ccc(Cl)s1. The van der Waals surface area contributed by atoms with E-state index in [0.29, 0.717) is 5.92 Å². The van der Waals surface area contributed by atoms with Gasteiger partial charge in [-0.15, -0.1) is 11.3 Å². The van der Waals surface area contributed by atoms with Gasteiger partial charge in [0.2, 0.25) is 0 Å². The summed E-state index contributed by atoms with van der Waals surface area (Å²) in [5.74, 6) is 0.647. The van der Waals surface area contributed by atoms with Gasteiger partial charge < -0.3 is 0 Å². The van der Waals surface area contributed by atoms with E-state index in [1.807, 2.05) is 6.07 Å². The molecule has 1 unspecified atom stereocenters. The zero-order valence-electron chi connectivity index (χ0n) is 8.09. The van der Waals surface area contributed by atoms with Crippen molar-refractivity contribution in [2.45, 2.75) is 32.6 Å². The van der Waals surface area contributed by atoms with Crippen LogP contribution < -0.4 is 0 Å². The van der Waals surface area contributed by atoms with Gasteiger partial charge in [0.05, 0.1) is 4.34 Å². The van der Waals surface area contributed by atoms with Gasteiger partial charge in [0.15, 0.2) is 0 Å². The minimum Gasteiger partial charge on any atom is -0.128 e. The summed E-state index contributed by atoms with van der Waals surface area (Å²) in [4.78, 5) is 1.41. The quantitative estimate of drug-likeness (QED) is 0.628. The van der Waals surface area contributed by atoms with Crippen LogP contribution in [-0.4, -0.2) is 0 Å². The molecule has 0 aliphatic carbocycles. The molecule has 1 aromatic heterocycles. The third-order valence-electron chi connectivity index (χ3n) is 2.15. The van der Waals surface area contributed by atoms with Crippen molar-refractivity contribution in [1.29, 1.82) is 0 Å². The molecule has 1 rings (SSSR count). The summed E-state index contributed by atoms with van der Waals surface area (Å²) in [5, 5.41) is 0. The van der Waals surface area contributed by atoms with Crippen molar-refractivity contribution in [2.75, 3.05) is 0 Å². The largest absolute Gasteiger partial charge is 0.128 e. The maximum absolute atomic E-state index is 5.90. The zero-order valence-corrected chi connectivity index (χ0v) is 9.66. The van der Waals surface area contributed by atoms with Crippen molar-refractivity contribution < 1.29 is 0 Å². The standard InChI is InChI=1S/C11H15ClS/c1-3-5-6-9(4-2)10-7-8-11(12)13-10/h3,5,7-9H,4,6H2,1-2H3/b5-3-. The third-order valence-corrected chi connectivity index (χ3v) is 3.54. The van der Waals surface area contributed by atoms with Gasteiger partial charge in [0.25, 0.3) is 0 Å². The number of rotatable bonds is 4. The average Bonchev–Trinajstić information content (AvgIpc) is 2.54. The molecule has 0 amide bonds. The van der Waals surface area contributed by atoms with E-state index in [-0.39, 0.29) is 0 Å². The van der Waals surface area contributed by atoms with Crippen LogP contribution >= 0.6 is 22.9 Å². The highest BCUT2D eigenvalue weighted by atomic mass is 35.5. The Bertz CT molecular complexity index is 275. The topological polar surface area (TPSA) is 0 Å². The van der Waals surface area contributed by atoms with Gasteiger partial charge >= 0.3 is 0 Å². The number of halogens is 1. The highest BCUT2D eigenvalue weighted by Gasteiger charge is 2.09. The average molecular weight is 215 g/mol. The molecule has 1 heterocycles. The Kier molecular flexibility index (Phi) is 4.54. The number of thiophene rings is 1. The fraction of sp³-hybridized carbons (Fsp3) is 0.455. The highest BCUT2D eigenvalue weighted by molar-refractivity contribution is 7.16. The van der Waals surface area contributed by atoms with E-state index >= 15 is 0 Å². The van der Waals surface area contributed by atoms with Crippen molar-refractivity contribution in [3.63, 3.8) is 0 Å². The van der Waals surface area contributed by atoms with E-state index in [0.717, 1.165) is 10.8 Å². The molecule has 0 spiro atoms. The summed E-state index contributed by atoms with van der Waals surface area (Å²) >= 11 is 7.60. The summed E-state index contributed by atoms with van der Waals surface area (Å²) in [7, 11) is 0. The van der Waals surface area contributed by atoms with Crippen molar-refractivity contribution in [3.05, 3.63) is 33.5 Å². The molecule has 13 heavy (non-hydrogen) atoms. The molecule has 0 fully saturated rings. The van der Waals surface area contributed by atoms with Crippen molar-refractivity contribution in [1.82, 2.24) is 0 Å². The molecule has 0 radical (unpaired) electrons. The van der Waals surface area contributed by atoms with Gasteiger partial charge in [-0.3, -0.25) is 0 Å². The van der Waals surface area contributed by atoms with Crippen LogP contribution in [0.1, 0.15) is 37.5 Å². The fourth-order valence-electron chi connectivity index (χ4n) is 1.33. The minimum atomic E-state index is 0.647. The van der Waals surface area contributed by atoms with Crippen molar-refractivity contribution in [2.24, 2.45) is 0 Å². The molecule has 0 aliphatic rings. The molecule has 2 heteroatoms. The fourth-order valence-corrected chi connectivity index (χ4v) is 2.59. The first kappa shape index (κ1) is 10.8. The first-order chi connectivity index (χ1) is 6.27. The zero-order chi connectivity index (χ0) is 9.68. The Morgan fingerprint density at radius 3 is 2.77 bits per heavy atom. The Balaban J connectivity index is 2.66. The summed E-state index contributed by atoms with van der Waals surface area (Å²) < 4.78 is 0.897. The van der Waals surface area contributed by atoms with Crippen LogP contribution in [0.3, 0.4) is 0 Å². The minimum absolute atomic E-state index is 0.647. The number of hydrogen-bond acceptors (Lipinski definition) is 1. The van der Waals surface area contributed by atoms with E-state index in [4.69, 9.17) is 11.6 Å². The lowest BCUT2D eigenvalue weighted by Crippen LogP contribution is -1.91. The molecule has 0 aliphatic heterocycles. The van der Waals surface area contributed by atoms with Gasteiger partial charge in [-0.1, -0.05) is 30.7 Å². The van der Waals surface area contributed by atoms with Crippen LogP contribution in [0.25, 0.3) is 0 Å². The lowest BCUT2D eigenvalue weighted by Gasteiger charge is -2.09. The molecule has 0 N–H and O–H groups in total. The third kappa shape index (κ3) is 3.17. The van der Waals surface area contributed by atoms with Crippen molar-refractivity contribution in [3.8, 4) is 0 Å². The lowest BCUT2D eigenvalue weighted by molar-refractivity contribution is 0.686. The second-order valence-electron chi connectivity index (χ2n) is 3.05. The van der Waals surface area contributed by atoms with Crippen molar-refractivity contribution >= 4 is 22.9 Å². The molecule has 72 valence electrons. The number of hydrogen-bond donors (Lipinski definition) is 0. The molecular weight excluding hydrogens is 200 g/mol. The first-order valence-electron chi connectivity index (χ1n) is 4.64. The molecule has 0 saturated carbocycles. The van der Waals surface area contributed by atoms with Gasteiger partial charge in [-0.2, -0.15) is 0 Å². The smallest absolute Gasteiger partial charge is 0.0931 e. The monoisotopic (exact) mass is 214 g/mol. The maximum Gasteiger partial charge on any atom is 0.0931 e. The molecule has 1 atom stereocenters. The van der Waals surface area contributed by atoms with E-state index in [2.05, 4.69) is 32.1 Å². The second-order valence-corrected chi connectivity index (χ2v) is 4.80. The Hall–Kier alpha value is -0.270. The first-order valence-corrected chi connectivity index (χ1v) is 5.83. The van der Waals surface area contributed by atoms with Gasteiger partial charge in [-0.25, -0.2) is 0 Å². The van der Waals surface area contributed by atoms with Crippen LogP contribution in [0.2, 0.25) is 4.34 Å². The predicted molar refractivity (Wildman–Crippen MR) is 61.8 cm³/mol. The van der Waals surface area contributed by atoms with E-state index in [1.165, 1.54) is 11.3 Å². The van der Waals surface area contributed by atoms with Crippen LogP contribution in [0, 0.1) is 0 Å². The second kappa shape index (κ2) is 5.46. The molecular formula is C11H15ClS. The highest BCUT2D eigenvalue weighted by Crippen LogP contribution is 2.32. The lowest BCUT2D eigenvalue weighted by atomic mass is 10.0. The Labute approximate surface area is 89.2 Å². The molecule has 0 bridgehead atoms. The number of allylic oxidation sites excluding steroid dienone is 2. The van der Waals surface area contributed by atoms with Crippen LogP contribution in [0.4, 0.5) is 0 Å². The van der Waals surface area contributed by atoms with E-state index in [1.54, 1.807) is 11.3 Å². The van der Waals surface area contributed by atoms with Crippen LogP contribution in [-0.2, 0) is 0 Å². The van der Waals surface area contributed by atoms with Gasteiger partial charge in [0, 0.05) is 4.88 Å². The Morgan fingerprint density at radius 2 is 2.31 bits per heavy atom. The maximum atomic E-state index is 5.90. The normalized spacial score (nSPS) is 13.8. The van der Waals surface area contributed by atoms with E-state index < -0.39 is 0 Å². The van der Waals surface area contributed by atoms with Crippen LogP contribution in [0.5, 0.6) is 0 Å². The molecule has 0 saturated heterocycles. The van der Waals surface area contributed by atoms with Gasteiger partial charge in [-0.05, 0) is 37.8 Å². The molecule has 1 aromatic rings. The van der Waals surface area contributed by atoms with Gasteiger partial charge in [0.1, 0.15) is 0 Å². The summed E-state index contributed by atoms with van der Waals surface area (Å²) in [6, 6.07) is 4.13. The van der Waals surface area contributed by atoms with Crippen LogP contribution in [0.15, 0.2) is 24.3 Å². The molecule has 0 nitrogen and oxygen atoms in total. The molecule has 0 aromatic carbocycles. The summed E-state index contributed by atoms with van der Waals surface area (Å²) in [6.45, 7) is 4.29. The summed E-state index contributed by atoms with van der Waals surface area (Å²) in [6.07, 6.45) is 6.64.